The van der Waals surface area contributed by atoms with Crippen LogP contribution in [0.1, 0.15) is 18.9 Å². The van der Waals surface area contributed by atoms with Crippen LogP contribution >= 0.6 is 0 Å². The van der Waals surface area contributed by atoms with Gasteiger partial charge in [-0.25, -0.2) is 0 Å². The van der Waals surface area contributed by atoms with Crippen LogP contribution in [-0.4, -0.2) is 23.4 Å². The zero-order valence-electron chi connectivity index (χ0n) is 10.3. The molecular formula is C12H17N3O3. The maximum Gasteiger partial charge on any atom is 0.269 e. The van der Waals surface area contributed by atoms with Crippen molar-refractivity contribution in [3.05, 3.63) is 39.9 Å². The van der Waals surface area contributed by atoms with Gasteiger partial charge in [0.25, 0.3) is 5.69 Å². The second-order valence-corrected chi connectivity index (χ2v) is 4.22. The summed E-state index contributed by atoms with van der Waals surface area (Å²) in [6.07, 6.45) is 0.849. The fraction of sp³-hybridized carbons (Fsp3) is 0.417. The second-order valence-electron chi connectivity index (χ2n) is 4.22. The summed E-state index contributed by atoms with van der Waals surface area (Å²) in [6, 6.07) is 6.12. The van der Waals surface area contributed by atoms with E-state index in [-0.39, 0.29) is 24.1 Å². The number of nitrogens with one attached hydrogen (secondary N) is 1. The minimum absolute atomic E-state index is 0.00381. The maximum absolute atomic E-state index is 11.6. The zero-order valence-corrected chi connectivity index (χ0v) is 10.3. The lowest BCUT2D eigenvalue weighted by Gasteiger charge is -2.07. The van der Waals surface area contributed by atoms with Gasteiger partial charge in [-0.3, -0.25) is 14.9 Å². The molecule has 3 N–H and O–H groups in total. The van der Waals surface area contributed by atoms with Gasteiger partial charge in [-0.05, 0) is 18.9 Å². The van der Waals surface area contributed by atoms with Crippen molar-refractivity contribution >= 4 is 11.6 Å². The molecule has 0 aliphatic carbocycles. The smallest absolute Gasteiger partial charge is 0.269 e. The number of nitrogens with zero attached hydrogens (tertiary/aromatic N) is 1. The quantitative estimate of drug-likeness (QED) is 0.581. The van der Waals surface area contributed by atoms with Gasteiger partial charge >= 0.3 is 0 Å². The molecule has 1 amide bonds. The van der Waals surface area contributed by atoms with E-state index in [4.69, 9.17) is 5.73 Å². The van der Waals surface area contributed by atoms with Crippen molar-refractivity contribution in [3.8, 4) is 0 Å². The number of nitro groups is 1. The Morgan fingerprint density at radius 3 is 2.89 bits per heavy atom. The molecule has 1 unspecified atom stereocenters. The average Bonchev–Trinajstić information content (AvgIpc) is 2.28. The Labute approximate surface area is 105 Å². The number of rotatable bonds is 6. The number of benzene rings is 1. The van der Waals surface area contributed by atoms with Crippen molar-refractivity contribution in [1.82, 2.24) is 5.32 Å². The summed E-state index contributed by atoms with van der Waals surface area (Å²) in [4.78, 5) is 21.7. The Bertz CT molecular complexity index is 432. The molecule has 98 valence electrons. The summed E-state index contributed by atoms with van der Waals surface area (Å²) in [6.45, 7) is 2.39. The first-order chi connectivity index (χ1) is 8.49. The summed E-state index contributed by atoms with van der Waals surface area (Å²) in [5.41, 5.74) is 6.18. The maximum atomic E-state index is 11.6. The average molecular weight is 251 g/mol. The van der Waals surface area contributed by atoms with Crippen molar-refractivity contribution in [2.24, 2.45) is 5.73 Å². The molecule has 1 aromatic carbocycles. The number of carbonyl (C=O) groups excluding carboxylic acids is 1. The summed E-state index contributed by atoms with van der Waals surface area (Å²) in [7, 11) is 0. The molecule has 1 aromatic rings. The highest BCUT2D eigenvalue weighted by Crippen LogP contribution is 2.13. The largest absolute Gasteiger partial charge is 0.356 e. The highest BCUT2D eigenvalue weighted by molar-refractivity contribution is 5.78. The summed E-state index contributed by atoms with van der Waals surface area (Å²) < 4.78 is 0. The summed E-state index contributed by atoms with van der Waals surface area (Å²) in [5, 5.41) is 13.3. The van der Waals surface area contributed by atoms with Crippen LogP contribution in [0.5, 0.6) is 0 Å². The van der Waals surface area contributed by atoms with Crippen molar-refractivity contribution < 1.29 is 9.72 Å². The molecule has 0 spiro atoms. The third-order valence-corrected chi connectivity index (χ3v) is 2.41. The van der Waals surface area contributed by atoms with E-state index in [1.807, 2.05) is 6.92 Å². The number of amides is 1. The van der Waals surface area contributed by atoms with E-state index in [0.717, 1.165) is 0 Å². The van der Waals surface area contributed by atoms with Crippen LogP contribution in [-0.2, 0) is 11.2 Å². The third-order valence-electron chi connectivity index (χ3n) is 2.41. The second kappa shape index (κ2) is 6.70. The molecule has 0 radical (unpaired) electrons. The van der Waals surface area contributed by atoms with Crippen LogP contribution in [0.4, 0.5) is 5.69 Å². The van der Waals surface area contributed by atoms with Crippen LogP contribution in [0.15, 0.2) is 24.3 Å². The molecule has 0 saturated carbocycles. The number of nitro benzene ring substituents is 1. The standard InChI is InChI=1S/C12H17N3O3/c1-9(13)5-6-14-12(16)8-10-3-2-4-11(7-10)15(17)18/h2-4,7,9H,5-6,8,13H2,1H3,(H,14,16). The molecule has 6 nitrogen and oxygen atoms in total. The first-order valence-electron chi connectivity index (χ1n) is 5.74. The SMILES string of the molecule is CC(N)CCNC(=O)Cc1cccc([N+](=O)[O-])c1. The Kier molecular flexibility index (Phi) is 5.26. The molecule has 1 rings (SSSR count). The molecular weight excluding hydrogens is 234 g/mol. The number of non-ortho nitro benzene ring substituents is 1. The molecule has 6 heteroatoms. The van der Waals surface area contributed by atoms with Gasteiger partial charge in [-0.1, -0.05) is 12.1 Å². The predicted molar refractivity (Wildman–Crippen MR) is 68.1 cm³/mol. The predicted octanol–water partition coefficient (Wildman–Crippen LogP) is 0.991. The van der Waals surface area contributed by atoms with Gasteiger partial charge in [0, 0.05) is 24.7 Å². The van der Waals surface area contributed by atoms with Crippen molar-refractivity contribution in [2.75, 3.05) is 6.54 Å². The number of carbonyl (C=O) groups is 1. The van der Waals surface area contributed by atoms with Gasteiger partial charge in [0.15, 0.2) is 0 Å². The van der Waals surface area contributed by atoms with Crippen molar-refractivity contribution in [1.29, 1.82) is 0 Å². The highest BCUT2D eigenvalue weighted by atomic mass is 16.6. The first kappa shape index (κ1) is 14.1. The highest BCUT2D eigenvalue weighted by Gasteiger charge is 2.08. The molecule has 0 aromatic heterocycles. The van der Waals surface area contributed by atoms with Crippen LogP contribution in [0.2, 0.25) is 0 Å². The lowest BCUT2D eigenvalue weighted by molar-refractivity contribution is -0.384. The number of nitrogens with two attached hydrogens (primary N) is 1. The monoisotopic (exact) mass is 251 g/mol. The molecule has 0 heterocycles. The van der Waals surface area contributed by atoms with Gasteiger partial charge in [0.2, 0.25) is 5.91 Å². The van der Waals surface area contributed by atoms with Gasteiger partial charge in [-0.15, -0.1) is 0 Å². The Morgan fingerprint density at radius 1 is 1.56 bits per heavy atom. The molecule has 18 heavy (non-hydrogen) atoms. The fourth-order valence-electron chi connectivity index (χ4n) is 1.47. The zero-order chi connectivity index (χ0) is 13.5. The first-order valence-corrected chi connectivity index (χ1v) is 5.74. The van der Waals surface area contributed by atoms with E-state index in [1.165, 1.54) is 12.1 Å². The van der Waals surface area contributed by atoms with E-state index in [2.05, 4.69) is 5.32 Å². The molecule has 0 aliphatic heterocycles. The van der Waals surface area contributed by atoms with E-state index < -0.39 is 4.92 Å². The van der Waals surface area contributed by atoms with Crippen LogP contribution in [0, 0.1) is 10.1 Å². The van der Waals surface area contributed by atoms with Gasteiger partial charge < -0.3 is 11.1 Å². The van der Waals surface area contributed by atoms with Gasteiger partial charge in [0.1, 0.15) is 0 Å². The van der Waals surface area contributed by atoms with Gasteiger partial charge in [0.05, 0.1) is 11.3 Å². The molecule has 0 saturated heterocycles. The lowest BCUT2D eigenvalue weighted by atomic mass is 10.1. The molecule has 1 atom stereocenters. The Hall–Kier alpha value is -1.95. The lowest BCUT2D eigenvalue weighted by Crippen LogP contribution is -2.30. The van der Waals surface area contributed by atoms with Crippen LogP contribution < -0.4 is 11.1 Å². The molecule has 0 aliphatic rings. The number of hydrogen-bond acceptors (Lipinski definition) is 4. The molecule has 0 bridgehead atoms. The minimum atomic E-state index is -0.475. The number of hydrogen-bond donors (Lipinski definition) is 2. The van der Waals surface area contributed by atoms with Crippen molar-refractivity contribution in [3.63, 3.8) is 0 Å². The minimum Gasteiger partial charge on any atom is -0.356 e. The summed E-state index contributed by atoms with van der Waals surface area (Å²) >= 11 is 0. The van der Waals surface area contributed by atoms with E-state index in [0.29, 0.717) is 18.5 Å². The van der Waals surface area contributed by atoms with Crippen LogP contribution in [0.3, 0.4) is 0 Å². The topological polar surface area (TPSA) is 98.3 Å². The normalized spacial score (nSPS) is 11.9. The third kappa shape index (κ3) is 4.92. The van der Waals surface area contributed by atoms with Crippen LogP contribution in [0.25, 0.3) is 0 Å². The van der Waals surface area contributed by atoms with E-state index in [1.54, 1.807) is 12.1 Å². The Balaban J connectivity index is 2.49. The Morgan fingerprint density at radius 2 is 2.28 bits per heavy atom. The van der Waals surface area contributed by atoms with E-state index >= 15 is 0 Å². The summed E-state index contributed by atoms with van der Waals surface area (Å²) in [5.74, 6) is -0.156. The van der Waals surface area contributed by atoms with Gasteiger partial charge in [-0.2, -0.15) is 0 Å². The van der Waals surface area contributed by atoms with E-state index in [9.17, 15) is 14.9 Å². The molecule has 0 fully saturated rings. The van der Waals surface area contributed by atoms with Crippen molar-refractivity contribution in [2.45, 2.75) is 25.8 Å². The fourth-order valence-corrected chi connectivity index (χ4v) is 1.47.